The van der Waals surface area contributed by atoms with Crippen molar-refractivity contribution in [2.45, 2.75) is 50.9 Å². The monoisotopic (exact) mass is 696 g/mol. The zero-order valence-corrected chi connectivity index (χ0v) is 31.4. The first-order chi connectivity index (χ1) is 26.3. The highest BCUT2D eigenvalue weighted by Gasteiger charge is 2.47. The van der Waals surface area contributed by atoms with Gasteiger partial charge in [-0.1, -0.05) is 131 Å². The number of hydrogen-bond acceptors (Lipinski definition) is 2. The molecule has 1 unspecified atom stereocenters. The summed E-state index contributed by atoms with van der Waals surface area (Å²) in [5.41, 5.74) is 19.5. The van der Waals surface area contributed by atoms with Gasteiger partial charge in [0.25, 0.3) is 0 Å². The molecule has 0 heterocycles. The van der Waals surface area contributed by atoms with E-state index >= 15 is 0 Å². The maximum Gasteiger partial charge on any atom is 0.0465 e. The van der Waals surface area contributed by atoms with Gasteiger partial charge in [-0.25, -0.2) is 0 Å². The fourth-order valence-electron chi connectivity index (χ4n) is 9.78. The Kier molecular flexibility index (Phi) is 7.36. The molecule has 0 amide bonds. The third kappa shape index (κ3) is 4.86. The Morgan fingerprint density at radius 3 is 1.37 bits per heavy atom. The number of benzene rings is 7. The van der Waals surface area contributed by atoms with Crippen molar-refractivity contribution in [3.05, 3.63) is 209 Å². The molecule has 0 aliphatic heterocycles. The Hall–Kier alpha value is -6.12. The van der Waals surface area contributed by atoms with Crippen molar-refractivity contribution in [3.63, 3.8) is 0 Å². The number of nitrogens with zero attached hydrogens (tertiary/aromatic N) is 2. The van der Waals surface area contributed by atoms with Gasteiger partial charge in [0.2, 0.25) is 0 Å². The molecule has 0 radical (unpaired) electrons. The molecular formula is C52H44N2. The molecule has 54 heavy (non-hydrogen) atoms. The molecule has 10 rings (SSSR count). The van der Waals surface area contributed by atoms with Gasteiger partial charge in [-0.3, -0.25) is 0 Å². The van der Waals surface area contributed by atoms with Gasteiger partial charge in [0.05, 0.1) is 0 Å². The number of rotatable bonds is 6. The highest BCUT2D eigenvalue weighted by atomic mass is 15.1. The van der Waals surface area contributed by atoms with Crippen LogP contribution in [-0.2, 0) is 10.8 Å². The number of para-hydroxylation sites is 4. The Bertz CT molecular complexity index is 2490. The van der Waals surface area contributed by atoms with Gasteiger partial charge in [0.1, 0.15) is 0 Å². The lowest BCUT2D eigenvalue weighted by molar-refractivity contribution is 0.404. The van der Waals surface area contributed by atoms with Crippen LogP contribution in [0.4, 0.5) is 34.1 Å². The summed E-state index contributed by atoms with van der Waals surface area (Å²) in [6.45, 7) is 9.82. The maximum atomic E-state index is 2.57. The second kappa shape index (κ2) is 12.2. The zero-order chi connectivity index (χ0) is 36.6. The van der Waals surface area contributed by atoms with Crippen LogP contribution in [0, 0.1) is 0 Å². The summed E-state index contributed by atoms with van der Waals surface area (Å²) in [7, 11) is 0. The summed E-state index contributed by atoms with van der Waals surface area (Å²) in [6.07, 6.45) is 3.58. The lowest BCUT2D eigenvalue weighted by Crippen LogP contribution is -2.36. The molecule has 0 bridgehead atoms. The summed E-state index contributed by atoms with van der Waals surface area (Å²) in [4.78, 5) is 4.77. The average Bonchev–Trinajstić information content (AvgIpc) is 3.21. The predicted molar refractivity (Wildman–Crippen MR) is 227 cm³/mol. The molecule has 2 heteroatoms. The van der Waals surface area contributed by atoms with Gasteiger partial charge < -0.3 is 9.80 Å². The number of allylic oxidation sites excluding steroid dienone is 1. The molecule has 0 aromatic heterocycles. The van der Waals surface area contributed by atoms with Crippen LogP contribution >= 0.6 is 0 Å². The van der Waals surface area contributed by atoms with Gasteiger partial charge in [-0.15, -0.1) is 0 Å². The van der Waals surface area contributed by atoms with E-state index in [-0.39, 0.29) is 10.8 Å². The van der Waals surface area contributed by atoms with Gasteiger partial charge in [-0.05, 0) is 141 Å². The van der Waals surface area contributed by atoms with Crippen LogP contribution in [0.15, 0.2) is 176 Å². The lowest BCUT2D eigenvalue weighted by Gasteiger charge is -2.48. The molecule has 2 nitrogen and oxygen atoms in total. The van der Waals surface area contributed by atoms with E-state index in [1.807, 2.05) is 0 Å². The molecule has 3 aliphatic carbocycles. The Morgan fingerprint density at radius 2 is 0.870 bits per heavy atom. The standard InChI is InChI=1S/C52H44N2/c1-51(2)45-31-29-44-42-28-26-40(54(37-21-13-7-14-22-37)38-23-15-8-16-24-38)34-48(42)52(3,4)46-32-30-43(49(45)50(44)46)41-27-25-39(33-47(41)51)53(35-17-9-5-10-18-35)36-19-11-6-12-20-36/h5-31,33-34,46H,32H2,1-4H3. The van der Waals surface area contributed by atoms with E-state index in [0.717, 1.165) is 29.2 Å². The van der Waals surface area contributed by atoms with E-state index < -0.39 is 0 Å². The minimum Gasteiger partial charge on any atom is -0.310 e. The lowest BCUT2D eigenvalue weighted by atomic mass is 9.55. The molecule has 262 valence electrons. The normalized spacial score (nSPS) is 16.7. The second-order valence-corrected chi connectivity index (χ2v) is 16.2. The van der Waals surface area contributed by atoms with E-state index in [1.165, 1.54) is 61.5 Å². The maximum absolute atomic E-state index is 2.57. The Morgan fingerprint density at radius 1 is 0.426 bits per heavy atom. The summed E-state index contributed by atoms with van der Waals surface area (Å²) < 4.78 is 0. The molecule has 1 atom stereocenters. The zero-order valence-electron chi connectivity index (χ0n) is 31.4. The number of fused-ring (bicyclic) bond motifs is 4. The van der Waals surface area contributed by atoms with Gasteiger partial charge >= 0.3 is 0 Å². The van der Waals surface area contributed by atoms with Crippen molar-refractivity contribution in [1.29, 1.82) is 0 Å². The van der Waals surface area contributed by atoms with Crippen LogP contribution in [0.2, 0.25) is 0 Å². The Balaban J connectivity index is 1.12. The quantitative estimate of drug-likeness (QED) is 0.171. The summed E-state index contributed by atoms with van der Waals surface area (Å²) in [5.74, 6) is 0.374. The molecule has 0 N–H and O–H groups in total. The van der Waals surface area contributed by atoms with Crippen LogP contribution < -0.4 is 9.80 Å². The molecule has 7 aromatic carbocycles. The highest BCUT2D eigenvalue weighted by Crippen LogP contribution is 2.61. The van der Waals surface area contributed by atoms with E-state index in [2.05, 4.69) is 213 Å². The molecule has 0 saturated carbocycles. The van der Waals surface area contributed by atoms with Crippen LogP contribution in [-0.4, -0.2) is 0 Å². The smallest absolute Gasteiger partial charge is 0.0465 e. The largest absolute Gasteiger partial charge is 0.310 e. The molecular weight excluding hydrogens is 653 g/mol. The van der Waals surface area contributed by atoms with Crippen molar-refractivity contribution >= 4 is 39.7 Å². The highest BCUT2D eigenvalue weighted by molar-refractivity contribution is 5.96. The number of anilines is 6. The fraction of sp³-hybridized carbons (Fsp3) is 0.154. The first-order valence-corrected chi connectivity index (χ1v) is 19.3. The van der Waals surface area contributed by atoms with E-state index in [0.29, 0.717) is 5.92 Å². The van der Waals surface area contributed by atoms with Gasteiger partial charge in [0.15, 0.2) is 0 Å². The van der Waals surface area contributed by atoms with Gasteiger partial charge in [-0.2, -0.15) is 0 Å². The minimum absolute atomic E-state index is 0.0747. The van der Waals surface area contributed by atoms with Crippen LogP contribution in [0.3, 0.4) is 0 Å². The van der Waals surface area contributed by atoms with Crippen LogP contribution in [0.25, 0.3) is 16.7 Å². The second-order valence-electron chi connectivity index (χ2n) is 16.2. The first-order valence-electron chi connectivity index (χ1n) is 19.3. The molecule has 0 fully saturated rings. The van der Waals surface area contributed by atoms with Gasteiger partial charge in [0, 0.05) is 39.5 Å². The molecule has 0 saturated heterocycles. The first kappa shape index (κ1) is 32.5. The van der Waals surface area contributed by atoms with Crippen molar-refractivity contribution < 1.29 is 0 Å². The average molecular weight is 697 g/mol. The van der Waals surface area contributed by atoms with E-state index in [4.69, 9.17) is 0 Å². The third-order valence-corrected chi connectivity index (χ3v) is 12.5. The topological polar surface area (TPSA) is 6.48 Å². The SMILES string of the molecule is CC1(C)c2cc(N(c3ccccc3)c3ccccc3)ccc2C2=CCC3c4c(ccc1c42)-c1ccc(N(c2ccccc2)c2ccccc2)cc1C3(C)C. The Labute approximate surface area is 319 Å². The van der Waals surface area contributed by atoms with Crippen molar-refractivity contribution in [3.8, 4) is 11.1 Å². The van der Waals surface area contributed by atoms with E-state index in [1.54, 1.807) is 0 Å². The van der Waals surface area contributed by atoms with Crippen molar-refractivity contribution in [2.24, 2.45) is 0 Å². The van der Waals surface area contributed by atoms with Crippen molar-refractivity contribution in [2.75, 3.05) is 9.80 Å². The molecule has 3 aliphatic rings. The third-order valence-electron chi connectivity index (χ3n) is 12.5. The minimum atomic E-state index is -0.186. The van der Waals surface area contributed by atoms with E-state index in [9.17, 15) is 0 Å². The summed E-state index contributed by atoms with van der Waals surface area (Å²) in [5, 5.41) is 0. The van der Waals surface area contributed by atoms with Crippen LogP contribution in [0.1, 0.15) is 73.4 Å². The number of hydrogen-bond donors (Lipinski definition) is 0. The summed E-state index contributed by atoms with van der Waals surface area (Å²) in [6, 6.07) is 62.3. The van der Waals surface area contributed by atoms with Crippen molar-refractivity contribution in [1.82, 2.24) is 0 Å². The summed E-state index contributed by atoms with van der Waals surface area (Å²) >= 11 is 0. The predicted octanol–water partition coefficient (Wildman–Crippen LogP) is 14.1. The molecule has 7 aromatic rings. The molecule has 0 spiro atoms. The van der Waals surface area contributed by atoms with Crippen LogP contribution in [0.5, 0.6) is 0 Å². The fourth-order valence-corrected chi connectivity index (χ4v) is 9.78.